The summed E-state index contributed by atoms with van der Waals surface area (Å²) in [4.78, 5) is 10.3. The molecule has 0 amide bonds. The molecule has 0 saturated heterocycles. The quantitative estimate of drug-likeness (QED) is 0.798. The zero-order chi connectivity index (χ0) is 14.7. The van der Waals surface area contributed by atoms with Crippen LogP contribution in [0.25, 0.3) is 0 Å². The zero-order valence-electron chi connectivity index (χ0n) is 9.90. The van der Waals surface area contributed by atoms with Crippen LogP contribution in [0.4, 0.5) is 13.2 Å². The van der Waals surface area contributed by atoms with Crippen LogP contribution in [0.2, 0.25) is 0 Å². The fourth-order valence-corrected chi connectivity index (χ4v) is 2.06. The summed E-state index contributed by atoms with van der Waals surface area (Å²) in [7, 11) is -5.35. The molecule has 0 aliphatic heterocycles. The Morgan fingerprint density at radius 2 is 1.74 bits per heavy atom. The van der Waals surface area contributed by atoms with E-state index in [9.17, 15) is 26.4 Å². The highest BCUT2D eigenvalue weighted by atomic mass is 32.2. The Labute approximate surface area is 108 Å². The fourth-order valence-electron chi connectivity index (χ4n) is 1.30. The standard InChI is InChI=1S/C11H11F3O4S/c1-2-18-10(15)7-8-3-5-9(6-4-8)19(16,17)11(12,13)14/h3-6H,2,7H2,1H3. The number of carbonyl (C=O) groups is 1. The third-order valence-corrected chi connectivity index (χ3v) is 3.69. The van der Waals surface area contributed by atoms with Crippen LogP contribution in [0.5, 0.6) is 0 Å². The number of ether oxygens (including phenoxy) is 1. The number of hydrogen-bond donors (Lipinski definition) is 0. The summed E-state index contributed by atoms with van der Waals surface area (Å²) in [5.74, 6) is -0.533. The highest BCUT2D eigenvalue weighted by Crippen LogP contribution is 2.30. The minimum atomic E-state index is -5.35. The summed E-state index contributed by atoms with van der Waals surface area (Å²) in [6, 6.07) is 3.93. The summed E-state index contributed by atoms with van der Waals surface area (Å²) in [6.45, 7) is 1.82. The summed E-state index contributed by atoms with van der Waals surface area (Å²) in [5, 5.41) is 0. The lowest BCUT2D eigenvalue weighted by atomic mass is 10.1. The van der Waals surface area contributed by atoms with Crippen LogP contribution in [0, 0.1) is 0 Å². The Morgan fingerprint density at radius 3 is 2.16 bits per heavy atom. The van der Waals surface area contributed by atoms with Gasteiger partial charge >= 0.3 is 11.5 Å². The average Bonchev–Trinajstić information content (AvgIpc) is 2.28. The van der Waals surface area contributed by atoms with Gasteiger partial charge in [0.2, 0.25) is 0 Å². The predicted molar refractivity (Wildman–Crippen MR) is 60.0 cm³/mol. The molecular formula is C11H11F3O4S. The SMILES string of the molecule is CCOC(=O)Cc1ccc(S(=O)(=O)C(F)(F)F)cc1. The Bertz CT molecular complexity index is 546. The van der Waals surface area contributed by atoms with E-state index in [0.29, 0.717) is 5.56 Å². The monoisotopic (exact) mass is 296 g/mol. The number of halogens is 3. The number of hydrogen-bond acceptors (Lipinski definition) is 4. The molecule has 0 saturated carbocycles. The normalized spacial score (nSPS) is 12.2. The van der Waals surface area contributed by atoms with E-state index in [1.54, 1.807) is 6.92 Å². The number of rotatable bonds is 4. The molecule has 0 fully saturated rings. The zero-order valence-corrected chi connectivity index (χ0v) is 10.7. The second kappa shape index (κ2) is 5.60. The van der Waals surface area contributed by atoms with E-state index in [4.69, 9.17) is 0 Å². The summed E-state index contributed by atoms with van der Waals surface area (Å²) < 4.78 is 63.6. The molecule has 0 aromatic heterocycles. The molecule has 0 atom stereocenters. The second-order valence-corrected chi connectivity index (χ2v) is 5.52. The molecule has 19 heavy (non-hydrogen) atoms. The molecule has 0 spiro atoms. The Morgan fingerprint density at radius 1 is 1.21 bits per heavy atom. The first-order valence-corrected chi connectivity index (χ1v) is 6.72. The first kappa shape index (κ1) is 15.5. The molecule has 0 aliphatic rings. The van der Waals surface area contributed by atoms with Gasteiger partial charge in [0.15, 0.2) is 0 Å². The van der Waals surface area contributed by atoms with Gasteiger partial charge in [-0.25, -0.2) is 8.42 Å². The minimum absolute atomic E-state index is 0.125. The van der Waals surface area contributed by atoms with Crippen molar-refractivity contribution in [3.05, 3.63) is 29.8 Å². The molecule has 106 valence electrons. The van der Waals surface area contributed by atoms with Crippen LogP contribution >= 0.6 is 0 Å². The highest BCUT2D eigenvalue weighted by molar-refractivity contribution is 7.92. The van der Waals surface area contributed by atoms with Crippen molar-refractivity contribution in [2.45, 2.75) is 23.7 Å². The van der Waals surface area contributed by atoms with E-state index in [1.165, 1.54) is 0 Å². The number of sulfone groups is 1. The molecular weight excluding hydrogens is 285 g/mol. The Balaban J connectivity index is 2.92. The van der Waals surface area contributed by atoms with E-state index in [0.717, 1.165) is 24.3 Å². The van der Waals surface area contributed by atoms with Crippen molar-refractivity contribution in [1.29, 1.82) is 0 Å². The van der Waals surface area contributed by atoms with E-state index < -0.39 is 26.2 Å². The third kappa shape index (κ3) is 3.69. The van der Waals surface area contributed by atoms with Crippen LogP contribution < -0.4 is 0 Å². The molecule has 0 bridgehead atoms. The fraction of sp³-hybridized carbons (Fsp3) is 0.364. The minimum Gasteiger partial charge on any atom is -0.466 e. The maximum Gasteiger partial charge on any atom is 0.501 e. The van der Waals surface area contributed by atoms with Gasteiger partial charge in [0.1, 0.15) is 0 Å². The number of esters is 1. The van der Waals surface area contributed by atoms with Crippen molar-refractivity contribution in [3.8, 4) is 0 Å². The van der Waals surface area contributed by atoms with E-state index in [1.807, 2.05) is 0 Å². The van der Waals surface area contributed by atoms with Crippen molar-refractivity contribution in [2.75, 3.05) is 6.61 Å². The summed E-state index contributed by atoms with van der Waals surface area (Å²) in [5.41, 5.74) is -4.96. The number of carbonyl (C=O) groups excluding carboxylic acids is 1. The second-order valence-electron chi connectivity index (χ2n) is 3.57. The maximum atomic E-state index is 12.3. The summed E-state index contributed by atoms with van der Waals surface area (Å²) >= 11 is 0. The van der Waals surface area contributed by atoms with Crippen molar-refractivity contribution in [1.82, 2.24) is 0 Å². The third-order valence-electron chi connectivity index (χ3n) is 2.19. The molecule has 0 aliphatic carbocycles. The number of benzene rings is 1. The lowest BCUT2D eigenvalue weighted by Gasteiger charge is -2.08. The van der Waals surface area contributed by atoms with Gasteiger partial charge in [-0.15, -0.1) is 0 Å². The first-order chi connectivity index (χ1) is 8.68. The van der Waals surface area contributed by atoms with Gasteiger partial charge in [0, 0.05) is 0 Å². The van der Waals surface area contributed by atoms with Gasteiger partial charge < -0.3 is 4.74 Å². The van der Waals surface area contributed by atoms with Gasteiger partial charge in [-0.3, -0.25) is 4.79 Å². The molecule has 0 heterocycles. The molecule has 1 aromatic rings. The smallest absolute Gasteiger partial charge is 0.466 e. The van der Waals surface area contributed by atoms with E-state index in [-0.39, 0.29) is 13.0 Å². The van der Waals surface area contributed by atoms with Gasteiger partial charge in [-0.05, 0) is 24.6 Å². The predicted octanol–water partition coefficient (Wildman–Crippen LogP) is 2.09. The highest BCUT2D eigenvalue weighted by Gasteiger charge is 2.46. The summed E-state index contributed by atoms with van der Waals surface area (Å²) in [6.07, 6.45) is -0.125. The van der Waals surface area contributed by atoms with Gasteiger partial charge in [-0.2, -0.15) is 13.2 Å². The largest absolute Gasteiger partial charge is 0.501 e. The van der Waals surface area contributed by atoms with Crippen LogP contribution in [-0.4, -0.2) is 26.5 Å². The van der Waals surface area contributed by atoms with Crippen LogP contribution in [0.15, 0.2) is 29.2 Å². The lowest BCUT2D eigenvalue weighted by Crippen LogP contribution is -2.23. The Kier molecular flexibility index (Phi) is 4.56. The van der Waals surface area contributed by atoms with Crippen molar-refractivity contribution in [2.24, 2.45) is 0 Å². The van der Waals surface area contributed by atoms with Crippen molar-refractivity contribution in [3.63, 3.8) is 0 Å². The Hall–Kier alpha value is -1.57. The molecule has 4 nitrogen and oxygen atoms in total. The van der Waals surface area contributed by atoms with Gasteiger partial charge in [0.25, 0.3) is 9.84 Å². The van der Waals surface area contributed by atoms with Crippen molar-refractivity contribution >= 4 is 15.8 Å². The molecule has 0 radical (unpaired) electrons. The van der Waals surface area contributed by atoms with E-state index in [2.05, 4.69) is 4.74 Å². The average molecular weight is 296 g/mol. The molecule has 1 rings (SSSR count). The lowest BCUT2D eigenvalue weighted by molar-refractivity contribution is -0.142. The van der Waals surface area contributed by atoms with Gasteiger partial charge in [-0.1, -0.05) is 12.1 Å². The molecule has 8 heteroatoms. The number of alkyl halides is 3. The topological polar surface area (TPSA) is 60.4 Å². The molecule has 1 aromatic carbocycles. The molecule has 0 unspecified atom stereocenters. The van der Waals surface area contributed by atoms with Crippen LogP contribution in [0.1, 0.15) is 12.5 Å². The van der Waals surface area contributed by atoms with E-state index >= 15 is 0 Å². The van der Waals surface area contributed by atoms with Crippen molar-refractivity contribution < 1.29 is 31.1 Å². The van der Waals surface area contributed by atoms with Crippen LogP contribution in [-0.2, 0) is 25.8 Å². The maximum absolute atomic E-state index is 12.3. The first-order valence-electron chi connectivity index (χ1n) is 5.24. The molecule has 0 N–H and O–H groups in total. The van der Waals surface area contributed by atoms with Gasteiger partial charge in [0.05, 0.1) is 17.9 Å². The van der Waals surface area contributed by atoms with Crippen LogP contribution in [0.3, 0.4) is 0 Å².